The number of hydrogen-bond donors (Lipinski definition) is 1. The van der Waals surface area contributed by atoms with E-state index >= 15 is 0 Å². The quantitative estimate of drug-likeness (QED) is 0.514. The molecule has 2 aromatic rings. The van der Waals surface area contributed by atoms with Crippen molar-refractivity contribution >= 4 is 33.7 Å². The third-order valence-corrected chi connectivity index (χ3v) is 3.67. The molecular weight excluding hydrogens is 350 g/mol. The van der Waals surface area contributed by atoms with E-state index in [4.69, 9.17) is 0 Å². The van der Waals surface area contributed by atoms with E-state index in [1.165, 1.54) is 24.4 Å². The van der Waals surface area contributed by atoms with Crippen molar-refractivity contribution in [3.05, 3.63) is 73.7 Å². The number of hydrazone groups is 1. The molecule has 0 aliphatic heterocycles. The van der Waals surface area contributed by atoms with Gasteiger partial charge in [0.2, 0.25) is 0 Å². The van der Waals surface area contributed by atoms with Gasteiger partial charge in [0, 0.05) is 27.2 Å². The van der Waals surface area contributed by atoms with Gasteiger partial charge >= 0.3 is 0 Å². The third-order valence-electron chi connectivity index (χ3n) is 2.94. The molecule has 0 heterocycles. The van der Waals surface area contributed by atoms with Crippen LogP contribution in [0.3, 0.4) is 0 Å². The summed E-state index contributed by atoms with van der Waals surface area (Å²) in [5.74, 6) is -0.508. The van der Waals surface area contributed by atoms with Crippen molar-refractivity contribution in [2.75, 3.05) is 0 Å². The summed E-state index contributed by atoms with van der Waals surface area (Å²) in [7, 11) is 0. The van der Waals surface area contributed by atoms with Crippen molar-refractivity contribution in [2.24, 2.45) is 5.10 Å². The molecule has 2 aromatic carbocycles. The number of rotatable bonds is 4. The molecule has 6 nitrogen and oxygen atoms in total. The number of aryl methyl sites for hydroxylation is 1. The lowest BCUT2D eigenvalue weighted by Gasteiger charge is -2.02. The van der Waals surface area contributed by atoms with Gasteiger partial charge in [-0.25, -0.2) is 5.43 Å². The Kier molecular flexibility index (Phi) is 5.00. The molecular formula is C15H12BrN3O3. The van der Waals surface area contributed by atoms with Gasteiger partial charge in [-0.2, -0.15) is 5.10 Å². The topological polar surface area (TPSA) is 84.6 Å². The van der Waals surface area contributed by atoms with Gasteiger partial charge < -0.3 is 0 Å². The zero-order chi connectivity index (χ0) is 16.1. The molecule has 0 fully saturated rings. The molecule has 0 saturated heterocycles. The van der Waals surface area contributed by atoms with Gasteiger partial charge in [0.1, 0.15) is 0 Å². The van der Waals surface area contributed by atoms with E-state index in [-0.39, 0.29) is 11.3 Å². The number of nitro groups is 1. The van der Waals surface area contributed by atoms with Crippen LogP contribution in [0.2, 0.25) is 0 Å². The van der Waals surface area contributed by atoms with Crippen LogP contribution >= 0.6 is 15.9 Å². The maximum absolute atomic E-state index is 11.9. The van der Waals surface area contributed by atoms with Gasteiger partial charge in [0.25, 0.3) is 11.6 Å². The second-order valence-corrected chi connectivity index (χ2v) is 5.33. The van der Waals surface area contributed by atoms with Gasteiger partial charge in [0.15, 0.2) is 0 Å². The summed E-state index contributed by atoms with van der Waals surface area (Å²) in [4.78, 5) is 22.3. The summed E-state index contributed by atoms with van der Waals surface area (Å²) in [5, 5.41) is 14.7. The van der Waals surface area contributed by atoms with Crippen LogP contribution in [0.1, 0.15) is 21.5 Å². The van der Waals surface area contributed by atoms with Gasteiger partial charge in [-0.05, 0) is 19.1 Å². The monoisotopic (exact) mass is 361 g/mol. The molecule has 1 amide bonds. The van der Waals surface area contributed by atoms with Crippen LogP contribution in [0.4, 0.5) is 5.69 Å². The lowest BCUT2D eigenvalue weighted by atomic mass is 10.1. The summed E-state index contributed by atoms with van der Waals surface area (Å²) in [6.45, 7) is 1.62. The minimum atomic E-state index is -0.517. The van der Waals surface area contributed by atoms with Gasteiger partial charge in [-0.1, -0.05) is 40.2 Å². The Labute approximate surface area is 135 Å². The van der Waals surface area contributed by atoms with Crippen molar-refractivity contribution in [3.63, 3.8) is 0 Å². The zero-order valence-electron chi connectivity index (χ0n) is 11.6. The summed E-state index contributed by atoms with van der Waals surface area (Å²) < 4.78 is 0.846. The highest BCUT2D eigenvalue weighted by molar-refractivity contribution is 9.10. The Morgan fingerprint density at radius 1 is 1.32 bits per heavy atom. The van der Waals surface area contributed by atoms with Crippen LogP contribution in [-0.2, 0) is 0 Å². The Hall–Kier alpha value is -2.54. The van der Waals surface area contributed by atoms with E-state index in [2.05, 4.69) is 26.5 Å². The van der Waals surface area contributed by atoms with E-state index in [0.717, 1.165) is 10.0 Å². The number of carbonyl (C=O) groups excluding carboxylic acids is 1. The molecule has 1 N–H and O–H groups in total. The van der Waals surface area contributed by atoms with E-state index in [1.54, 1.807) is 6.92 Å². The maximum Gasteiger partial charge on any atom is 0.273 e. The Morgan fingerprint density at radius 3 is 2.73 bits per heavy atom. The molecule has 0 bridgehead atoms. The van der Waals surface area contributed by atoms with Crippen LogP contribution in [0.15, 0.2) is 52.0 Å². The number of nitrogens with zero attached hydrogens (tertiary/aromatic N) is 2. The highest BCUT2D eigenvalue weighted by Gasteiger charge is 2.14. The molecule has 2 rings (SSSR count). The van der Waals surface area contributed by atoms with Gasteiger partial charge in [-0.15, -0.1) is 0 Å². The van der Waals surface area contributed by atoms with Gasteiger partial charge in [-0.3, -0.25) is 14.9 Å². The first kappa shape index (κ1) is 15.8. The number of nitro benzene ring substituents is 1. The van der Waals surface area contributed by atoms with E-state index in [9.17, 15) is 14.9 Å². The number of hydrogen-bond acceptors (Lipinski definition) is 4. The van der Waals surface area contributed by atoms with E-state index in [1.807, 2.05) is 24.3 Å². The highest BCUT2D eigenvalue weighted by atomic mass is 79.9. The van der Waals surface area contributed by atoms with Crippen molar-refractivity contribution in [2.45, 2.75) is 6.92 Å². The second kappa shape index (κ2) is 6.95. The minimum Gasteiger partial charge on any atom is -0.267 e. The predicted octanol–water partition coefficient (Wildman–Crippen LogP) is 3.43. The third kappa shape index (κ3) is 3.76. The summed E-state index contributed by atoms with van der Waals surface area (Å²) in [6.07, 6.45) is 1.49. The number of halogens is 1. The fourth-order valence-electron chi connectivity index (χ4n) is 1.75. The van der Waals surface area contributed by atoms with Gasteiger partial charge in [0.05, 0.1) is 11.1 Å². The van der Waals surface area contributed by atoms with Crippen LogP contribution in [-0.4, -0.2) is 17.0 Å². The molecule has 0 aliphatic rings. The molecule has 0 saturated carbocycles. The molecule has 22 heavy (non-hydrogen) atoms. The molecule has 0 radical (unpaired) electrons. The smallest absolute Gasteiger partial charge is 0.267 e. The maximum atomic E-state index is 11.9. The number of nitrogens with one attached hydrogen (secondary N) is 1. The molecule has 0 atom stereocenters. The lowest BCUT2D eigenvalue weighted by molar-refractivity contribution is -0.385. The Bertz CT molecular complexity index is 759. The van der Waals surface area contributed by atoms with Crippen molar-refractivity contribution in [1.29, 1.82) is 0 Å². The van der Waals surface area contributed by atoms with E-state index in [0.29, 0.717) is 5.56 Å². The minimum absolute atomic E-state index is 0.0950. The SMILES string of the molecule is Cc1ccc(C(=O)N/N=C/c2ccccc2Br)cc1[N+](=O)[O-]. The largest absolute Gasteiger partial charge is 0.273 e. The van der Waals surface area contributed by atoms with Crippen molar-refractivity contribution in [3.8, 4) is 0 Å². The second-order valence-electron chi connectivity index (χ2n) is 4.48. The first-order valence-corrected chi connectivity index (χ1v) is 7.11. The normalized spacial score (nSPS) is 10.6. The van der Waals surface area contributed by atoms with Crippen molar-refractivity contribution in [1.82, 2.24) is 5.43 Å². The summed E-state index contributed by atoms with van der Waals surface area (Å²) in [6, 6.07) is 11.7. The fourth-order valence-corrected chi connectivity index (χ4v) is 2.14. The zero-order valence-corrected chi connectivity index (χ0v) is 13.2. The summed E-state index contributed by atoms with van der Waals surface area (Å²) in [5.41, 5.74) is 3.74. The average molecular weight is 362 g/mol. The lowest BCUT2D eigenvalue weighted by Crippen LogP contribution is -2.17. The average Bonchev–Trinajstić information content (AvgIpc) is 2.49. The first-order chi connectivity index (χ1) is 10.5. The Morgan fingerprint density at radius 2 is 2.05 bits per heavy atom. The van der Waals surface area contributed by atoms with Crippen LogP contribution in [0.5, 0.6) is 0 Å². The van der Waals surface area contributed by atoms with Crippen molar-refractivity contribution < 1.29 is 9.72 Å². The fraction of sp³-hybridized carbons (Fsp3) is 0.0667. The van der Waals surface area contributed by atoms with Crippen LogP contribution in [0, 0.1) is 17.0 Å². The highest BCUT2D eigenvalue weighted by Crippen LogP contribution is 2.19. The molecule has 7 heteroatoms. The summed E-state index contributed by atoms with van der Waals surface area (Å²) >= 11 is 3.36. The van der Waals surface area contributed by atoms with Crippen LogP contribution in [0.25, 0.3) is 0 Å². The molecule has 112 valence electrons. The predicted molar refractivity (Wildman–Crippen MR) is 87.0 cm³/mol. The number of benzene rings is 2. The molecule has 0 unspecified atom stereocenters. The standard InChI is InChI=1S/C15H12BrN3O3/c1-10-6-7-11(8-14(10)19(21)22)15(20)18-17-9-12-4-2-3-5-13(12)16/h2-9H,1H3,(H,18,20)/b17-9+. The van der Waals surface area contributed by atoms with Crippen LogP contribution < -0.4 is 5.43 Å². The van der Waals surface area contributed by atoms with E-state index < -0.39 is 10.8 Å². The molecule has 0 aliphatic carbocycles. The number of amides is 1. The molecule has 0 spiro atoms. The Balaban J connectivity index is 2.12. The first-order valence-electron chi connectivity index (χ1n) is 6.32. The number of carbonyl (C=O) groups is 1. The molecule has 0 aromatic heterocycles.